The number of benzene rings is 1. The van der Waals surface area contributed by atoms with Crippen molar-refractivity contribution in [3.8, 4) is 17.6 Å². The van der Waals surface area contributed by atoms with Crippen LogP contribution in [-0.4, -0.2) is 19.1 Å². The first kappa shape index (κ1) is 18.8. The summed E-state index contributed by atoms with van der Waals surface area (Å²) in [5.41, 5.74) is 2.47. The van der Waals surface area contributed by atoms with Crippen LogP contribution >= 0.6 is 11.3 Å². The Balaban J connectivity index is 1.58. The number of carbonyl (C=O) groups excluding carboxylic acids is 1. The van der Waals surface area contributed by atoms with Gasteiger partial charge >= 0.3 is 0 Å². The highest BCUT2D eigenvalue weighted by Crippen LogP contribution is 2.44. The van der Waals surface area contributed by atoms with Gasteiger partial charge in [0.15, 0.2) is 11.5 Å². The maximum Gasteiger partial charge on any atom is 0.256 e. The number of hydrogen-bond acceptors (Lipinski definition) is 5. The second-order valence-electron chi connectivity index (χ2n) is 8.44. The van der Waals surface area contributed by atoms with Crippen LogP contribution in [0.2, 0.25) is 0 Å². The van der Waals surface area contributed by atoms with Crippen LogP contribution in [0.25, 0.3) is 0 Å². The third-order valence-corrected chi connectivity index (χ3v) is 6.80. The van der Waals surface area contributed by atoms with Crippen molar-refractivity contribution < 1.29 is 14.3 Å². The Kier molecular flexibility index (Phi) is 4.80. The fourth-order valence-electron chi connectivity index (χ4n) is 3.89. The minimum absolute atomic E-state index is 0.237. The Morgan fingerprint density at radius 1 is 1.25 bits per heavy atom. The van der Waals surface area contributed by atoms with Crippen LogP contribution in [0.15, 0.2) is 18.2 Å². The highest BCUT2D eigenvalue weighted by atomic mass is 32.1. The summed E-state index contributed by atoms with van der Waals surface area (Å²) in [6.45, 7) is 7.80. The Bertz CT molecular complexity index is 965. The fraction of sp³-hybridized carbons (Fsp3) is 0.455. The second-order valence-corrected chi connectivity index (χ2v) is 9.54. The summed E-state index contributed by atoms with van der Waals surface area (Å²) in [7, 11) is 0. The summed E-state index contributed by atoms with van der Waals surface area (Å²) in [6, 6.07) is 7.48. The van der Waals surface area contributed by atoms with Gasteiger partial charge in [-0.3, -0.25) is 4.79 Å². The summed E-state index contributed by atoms with van der Waals surface area (Å²) >= 11 is 1.55. The normalized spacial score (nSPS) is 18.1. The molecule has 1 aromatic heterocycles. The molecule has 0 bridgehead atoms. The molecule has 28 heavy (non-hydrogen) atoms. The van der Waals surface area contributed by atoms with E-state index < -0.39 is 0 Å². The minimum Gasteiger partial charge on any atom is -0.486 e. The predicted molar refractivity (Wildman–Crippen MR) is 109 cm³/mol. The lowest BCUT2D eigenvalue weighted by Gasteiger charge is -2.33. The lowest BCUT2D eigenvalue weighted by Crippen LogP contribution is -2.26. The molecule has 2 heterocycles. The van der Waals surface area contributed by atoms with Gasteiger partial charge in [0.25, 0.3) is 5.91 Å². The number of nitrogens with zero attached hydrogens (tertiary/aromatic N) is 1. The van der Waals surface area contributed by atoms with Crippen molar-refractivity contribution in [2.45, 2.75) is 40.0 Å². The SMILES string of the molecule is CC(C)(C)C1CCc2c(sc(NC(=O)c3ccc4c(c3)OCCO4)c2C#N)C1. The first-order valence-electron chi connectivity index (χ1n) is 9.62. The second kappa shape index (κ2) is 7.14. The van der Waals surface area contributed by atoms with Crippen LogP contribution in [0.3, 0.4) is 0 Å². The summed E-state index contributed by atoms with van der Waals surface area (Å²) < 4.78 is 11.1. The number of carbonyl (C=O) groups is 1. The van der Waals surface area contributed by atoms with Gasteiger partial charge in [-0.25, -0.2) is 0 Å². The molecule has 0 saturated heterocycles. The van der Waals surface area contributed by atoms with Gasteiger partial charge < -0.3 is 14.8 Å². The quantitative estimate of drug-likeness (QED) is 0.792. The Morgan fingerprint density at radius 2 is 2.00 bits per heavy atom. The lowest BCUT2D eigenvalue weighted by atomic mass is 9.72. The van der Waals surface area contributed by atoms with Gasteiger partial charge in [0.1, 0.15) is 24.3 Å². The van der Waals surface area contributed by atoms with Gasteiger partial charge in [-0.2, -0.15) is 5.26 Å². The molecule has 1 aliphatic heterocycles. The van der Waals surface area contributed by atoms with E-state index in [2.05, 4.69) is 32.2 Å². The minimum atomic E-state index is -0.237. The Hall–Kier alpha value is -2.52. The van der Waals surface area contributed by atoms with E-state index in [1.807, 2.05) is 0 Å². The smallest absolute Gasteiger partial charge is 0.256 e. The zero-order valence-electron chi connectivity index (χ0n) is 16.4. The number of rotatable bonds is 2. The topological polar surface area (TPSA) is 71.3 Å². The molecule has 1 N–H and O–H groups in total. The number of nitrogens with one attached hydrogen (secondary N) is 1. The molecule has 0 spiro atoms. The van der Waals surface area contributed by atoms with E-state index in [9.17, 15) is 10.1 Å². The van der Waals surface area contributed by atoms with Crippen LogP contribution in [-0.2, 0) is 12.8 Å². The average molecular weight is 397 g/mol. The Morgan fingerprint density at radius 3 is 2.71 bits per heavy atom. The molecule has 5 nitrogen and oxygen atoms in total. The van der Waals surface area contributed by atoms with E-state index in [4.69, 9.17) is 9.47 Å². The van der Waals surface area contributed by atoms with Crippen molar-refractivity contribution in [1.29, 1.82) is 5.26 Å². The summed E-state index contributed by atoms with van der Waals surface area (Å²) in [4.78, 5) is 14.0. The van der Waals surface area contributed by atoms with Crippen molar-refractivity contribution in [2.24, 2.45) is 11.3 Å². The van der Waals surface area contributed by atoms with E-state index >= 15 is 0 Å². The maximum atomic E-state index is 12.8. The molecule has 1 aliphatic carbocycles. The summed E-state index contributed by atoms with van der Waals surface area (Å²) in [5, 5.41) is 13.3. The number of nitriles is 1. The summed E-state index contributed by atoms with van der Waals surface area (Å²) in [6.07, 6.45) is 2.95. The average Bonchev–Trinajstić information content (AvgIpc) is 3.02. The first-order chi connectivity index (χ1) is 13.4. The third kappa shape index (κ3) is 3.47. The molecule has 6 heteroatoms. The van der Waals surface area contributed by atoms with Crippen LogP contribution in [0.5, 0.6) is 11.5 Å². The molecule has 0 fully saturated rings. The van der Waals surface area contributed by atoms with Crippen LogP contribution in [0.1, 0.15) is 53.6 Å². The number of thiophene rings is 1. The number of ether oxygens (including phenoxy) is 2. The zero-order chi connectivity index (χ0) is 19.9. The number of amides is 1. The molecule has 1 amide bonds. The lowest BCUT2D eigenvalue weighted by molar-refractivity contribution is 0.102. The van der Waals surface area contributed by atoms with Gasteiger partial charge in [0, 0.05) is 10.4 Å². The highest BCUT2D eigenvalue weighted by molar-refractivity contribution is 7.16. The first-order valence-corrected chi connectivity index (χ1v) is 10.4. The van der Waals surface area contributed by atoms with Crippen molar-refractivity contribution in [3.05, 3.63) is 39.8 Å². The van der Waals surface area contributed by atoms with E-state index in [1.165, 1.54) is 4.88 Å². The molecule has 2 aliphatic rings. The maximum absolute atomic E-state index is 12.8. The van der Waals surface area contributed by atoms with Gasteiger partial charge in [-0.1, -0.05) is 20.8 Å². The standard InChI is InChI=1S/C22H24N2O3S/c1-22(2,3)14-5-6-15-16(12-23)21(28-19(15)11-14)24-20(25)13-4-7-17-18(10-13)27-9-8-26-17/h4,7,10,14H,5-6,8-9,11H2,1-3H3,(H,24,25). The van der Waals surface area contributed by atoms with E-state index in [0.29, 0.717) is 46.8 Å². The molecular weight excluding hydrogens is 372 g/mol. The van der Waals surface area contributed by atoms with E-state index in [-0.39, 0.29) is 11.3 Å². The largest absolute Gasteiger partial charge is 0.486 e. The predicted octanol–water partition coefficient (Wildman–Crippen LogP) is 4.79. The monoisotopic (exact) mass is 396 g/mol. The van der Waals surface area contributed by atoms with Crippen molar-refractivity contribution >= 4 is 22.2 Å². The molecule has 1 atom stereocenters. The zero-order valence-corrected chi connectivity index (χ0v) is 17.2. The highest BCUT2D eigenvalue weighted by Gasteiger charge is 2.32. The molecule has 1 aromatic carbocycles. The van der Waals surface area contributed by atoms with Crippen molar-refractivity contribution in [3.63, 3.8) is 0 Å². The van der Waals surface area contributed by atoms with Crippen molar-refractivity contribution in [2.75, 3.05) is 18.5 Å². The van der Waals surface area contributed by atoms with Gasteiger partial charge in [0.2, 0.25) is 0 Å². The fourth-order valence-corrected chi connectivity index (χ4v) is 5.16. The number of anilines is 1. The van der Waals surface area contributed by atoms with Crippen LogP contribution in [0, 0.1) is 22.7 Å². The molecule has 146 valence electrons. The molecule has 0 saturated carbocycles. The van der Waals surface area contributed by atoms with Gasteiger partial charge in [-0.15, -0.1) is 11.3 Å². The van der Waals surface area contributed by atoms with Gasteiger partial charge in [-0.05, 0) is 54.4 Å². The van der Waals surface area contributed by atoms with Crippen LogP contribution < -0.4 is 14.8 Å². The van der Waals surface area contributed by atoms with E-state index in [1.54, 1.807) is 29.5 Å². The molecular formula is C22H24N2O3S. The van der Waals surface area contributed by atoms with Gasteiger partial charge in [0.05, 0.1) is 5.56 Å². The molecule has 1 unspecified atom stereocenters. The molecule has 4 rings (SSSR count). The third-order valence-electron chi connectivity index (χ3n) is 5.63. The molecule has 2 aromatic rings. The van der Waals surface area contributed by atoms with Crippen LogP contribution in [0.4, 0.5) is 5.00 Å². The number of fused-ring (bicyclic) bond motifs is 2. The Labute approximate surface area is 169 Å². The summed E-state index contributed by atoms with van der Waals surface area (Å²) in [5.74, 6) is 1.59. The van der Waals surface area contributed by atoms with E-state index in [0.717, 1.165) is 24.8 Å². The van der Waals surface area contributed by atoms with Crippen molar-refractivity contribution in [1.82, 2.24) is 0 Å². The molecule has 0 radical (unpaired) electrons. The number of hydrogen-bond donors (Lipinski definition) is 1.